The van der Waals surface area contributed by atoms with Gasteiger partial charge in [0.25, 0.3) is 0 Å². The summed E-state index contributed by atoms with van der Waals surface area (Å²) in [6.07, 6.45) is 7.24. The van der Waals surface area contributed by atoms with Crippen molar-refractivity contribution in [1.82, 2.24) is 4.90 Å². The van der Waals surface area contributed by atoms with Crippen LogP contribution in [0.2, 0.25) is 0 Å². The molecule has 1 unspecified atom stereocenters. The first-order valence-corrected chi connectivity index (χ1v) is 11.9. The van der Waals surface area contributed by atoms with Gasteiger partial charge in [-0.3, -0.25) is 0 Å². The summed E-state index contributed by atoms with van der Waals surface area (Å²) in [5, 5.41) is 7.00. The van der Waals surface area contributed by atoms with E-state index in [4.69, 9.17) is 9.84 Å². The smallest absolute Gasteiger partial charge is 0.0559 e. The Balaban J connectivity index is 0.00000166. The van der Waals surface area contributed by atoms with E-state index in [-0.39, 0.29) is 0 Å². The number of hydrogen-bond acceptors (Lipinski definition) is 4. The summed E-state index contributed by atoms with van der Waals surface area (Å²) in [7, 11) is 3.24. The van der Waals surface area contributed by atoms with Crippen LogP contribution in [-0.2, 0) is 17.6 Å². The van der Waals surface area contributed by atoms with Crippen LogP contribution < -0.4 is 4.90 Å². The Kier molecular flexibility index (Phi) is 11.7. The summed E-state index contributed by atoms with van der Waals surface area (Å²) >= 11 is 0. The van der Waals surface area contributed by atoms with Gasteiger partial charge in [-0.15, -0.1) is 0 Å². The number of aliphatic hydroxyl groups is 1. The molecule has 0 spiro atoms. The molecule has 0 aliphatic carbocycles. The minimum atomic E-state index is 0.355. The van der Waals surface area contributed by atoms with E-state index in [2.05, 4.69) is 79.2 Å². The van der Waals surface area contributed by atoms with Crippen molar-refractivity contribution in [1.29, 1.82) is 0 Å². The highest BCUT2D eigenvalue weighted by Crippen LogP contribution is 2.35. The number of para-hydroxylation sites is 2. The summed E-state index contributed by atoms with van der Waals surface area (Å²) in [5.74, 6) is 0. The third kappa shape index (κ3) is 7.95. The molecule has 31 heavy (non-hydrogen) atoms. The van der Waals surface area contributed by atoms with Crippen molar-refractivity contribution in [2.75, 3.05) is 45.3 Å². The van der Waals surface area contributed by atoms with Gasteiger partial charge in [-0.05, 0) is 75.9 Å². The number of anilines is 2. The zero-order valence-electron chi connectivity index (χ0n) is 20.0. The summed E-state index contributed by atoms with van der Waals surface area (Å²) < 4.78 is 5.89. The largest absolute Gasteiger partial charge is 0.400 e. The molecule has 0 radical (unpaired) electrons. The number of ether oxygens (including phenoxy) is 1. The number of nitrogens with zero attached hydrogens (tertiary/aromatic N) is 2. The van der Waals surface area contributed by atoms with Gasteiger partial charge in [0.05, 0.1) is 6.10 Å². The monoisotopic (exact) mass is 426 g/mol. The molecular formula is C27H42N2O2. The lowest BCUT2D eigenvalue weighted by Crippen LogP contribution is -2.28. The van der Waals surface area contributed by atoms with Crippen molar-refractivity contribution in [3.05, 3.63) is 59.7 Å². The van der Waals surface area contributed by atoms with E-state index in [0.29, 0.717) is 6.10 Å². The molecule has 1 aliphatic rings. The molecule has 1 N–H and O–H groups in total. The molecule has 2 aromatic rings. The third-order valence-electron chi connectivity index (χ3n) is 5.97. The van der Waals surface area contributed by atoms with Crippen LogP contribution in [-0.4, -0.2) is 56.5 Å². The molecule has 3 rings (SSSR count). The van der Waals surface area contributed by atoms with Crippen molar-refractivity contribution in [2.45, 2.75) is 58.5 Å². The van der Waals surface area contributed by atoms with E-state index in [0.717, 1.165) is 59.0 Å². The van der Waals surface area contributed by atoms with Crippen LogP contribution in [0.4, 0.5) is 11.4 Å². The summed E-state index contributed by atoms with van der Waals surface area (Å²) in [6.45, 7) is 8.58. The second kappa shape index (κ2) is 14.2. The Morgan fingerprint density at radius 2 is 1.52 bits per heavy atom. The van der Waals surface area contributed by atoms with Crippen molar-refractivity contribution >= 4 is 11.4 Å². The zero-order valence-corrected chi connectivity index (χ0v) is 20.0. The van der Waals surface area contributed by atoms with Gasteiger partial charge in [-0.2, -0.15) is 0 Å². The van der Waals surface area contributed by atoms with Crippen LogP contribution >= 0.6 is 0 Å². The second-order valence-corrected chi connectivity index (χ2v) is 8.39. The first-order chi connectivity index (χ1) is 15.2. The maximum atomic E-state index is 7.00. The summed E-state index contributed by atoms with van der Waals surface area (Å²) in [4.78, 5) is 5.00. The van der Waals surface area contributed by atoms with E-state index in [9.17, 15) is 0 Å². The van der Waals surface area contributed by atoms with Gasteiger partial charge in [0, 0.05) is 38.2 Å². The molecular weight excluding hydrogens is 384 g/mol. The van der Waals surface area contributed by atoms with Gasteiger partial charge in [-0.25, -0.2) is 0 Å². The predicted molar refractivity (Wildman–Crippen MR) is 132 cm³/mol. The number of hydrogen-bond donors (Lipinski definition) is 1. The average Bonchev–Trinajstić information content (AvgIpc) is 2.96. The molecule has 0 saturated heterocycles. The molecule has 1 aliphatic heterocycles. The van der Waals surface area contributed by atoms with E-state index in [1.54, 1.807) is 0 Å². The Morgan fingerprint density at radius 1 is 0.935 bits per heavy atom. The Morgan fingerprint density at radius 3 is 2.10 bits per heavy atom. The number of fused-ring (bicyclic) bond motifs is 2. The van der Waals surface area contributed by atoms with Crippen molar-refractivity contribution in [3.8, 4) is 0 Å². The normalized spacial score (nSPS) is 13.7. The van der Waals surface area contributed by atoms with E-state index >= 15 is 0 Å². The fraction of sp³-hybridized carbons (Fsp3) is 0.556. The lowest BCUT2D eigenvalue weighted by atomic mass is 10.0. The number of unbranched alkanes of at least 4 members (excludes halogenated alkanes) is 1. The number of aliphatic hydroxyl groups excluding tert-OH is 1. The quantitative estimate of drug-likeness (QED) is 0.485. The SMILES string of the molecule is CCCCOC(C)CCN(C)CCCN1c2ccccc2CCc2ccccc21.CO. The van der Waals surface area contributed by atoms with Gasteiger partial charge >= 0.3 is 0 Å². The van der Waals surface area contributed by atoms with Gasteiger partial charge in [0.2, 0.25) is 0 Å². The molecule has 1 atom stereocenters. The van der Waals surface area contributed by atoms with Crippen LogP contribution in [0, 0.1) is 0 Å². The molecule has 2 aromatic carbocycles. The number of benzene rings is 2. The van der Waals surface area contributed by atoms with Gasteiger partial charge in [0.15, 0.2) is 0 Å². The molecule has 0 bridgehead atoms. The van der Waals surface area contributed by atoms with Crippen LogP contribution in [0.1, 0.15) is 50.7 Å². The molecule has 0 aromatic heterocycles. The molecule has 0 saturated carbocycles. The minimum Gasteiger partial charge on any atom is -0.400 e. The fourth-order valence-electron chi connectivity index (χ4n) is 4.14. The second-order valence-electron chi connectivity index (χ2n) is 8.39. The van der Waals surface area contributed by atoms with Gasteiger partial charge in [-0.1, -0.05) is 49.7 Å². The van der Waals surface area contributed by atoms with Crippen LogP contribution in [0.15, 0.2) is 48.5 Å². The predicted octanol–water partition coefficient (Wildman–Crippen LogP) is 5.45. The number of rotatable bonds is 11. The van der Waals surface area contributed by atoms with Crippen molar-refractivity contribution in [3.63, 3.8) is 0 Å². The highest BCUT2D eigenvalue weighted by atomic mass is 16.5. The molecule has 1 heterocycles. The van der Waals surface area contributed by atoms with Crippen molar-refractivity contribution < 1.29 is 9.84 Å². The Labute approximate surface area is 189 Å². The first kappa shape index (κ1) is 25.4. The molecule has 4 nitrogen and oxygen atoms in total. The highest BCUT2D eigenvalue weighted by molar-refractivity contribution is 5.71. The first-order valence-electron chi connectivity index (χ1n) is 11.9. The third-order valence-corrected chi connectivity index (χ3v) is 5.97. The van der Waals surface area contributed by atoms with E-state index < -0.39 is 0 Å². The topological polar surface area (TPSA) is 35.9 Å². The van der Waals surface area contributed by atoms with Crippen LogP contribution in [0.3, 0.4) is 0 Å². The van der Waals surface area contributed by atoms with Crippen molar-refractivity contribution in [2.24, 2.45) is 0 Å². The Hall–Kier alpha value is -1.88. The zero-order chi connectivity index (χ0) is 22.5. The molecule has 0 amide bonds. The fourth-order valence-corrected chi connectivity index (χ4v) is 4.14. The van der Waals surface area contributed by atoms with Gasteiger partial charge in [0.1, 0.15) is 0 Å². The molecule has 172 valence electrons. The van der Waals surface area contributed by atoms with Gasteiger partial charge < -0.3 is 19.6 Å². The van der Waals surface area contributed by atoms with E-state index in [1.165, 1.54) is 35.3 Å². The molecule has 4 heteroatoms. The van der Waals surface area contributed by atoms with Crippen LogP contribution in [0.5, 0.6) is 0 Å². The minimum absolute atomic E-state index is 0.355. The number of aryl methyl sites for hydroxylation is 2. The standard InChI is InChI=1S/C26H38N2O.CH4O/c1-4-5-21-29-22(2)17-20-27(3)18-10-19-28-25-13-8-6-11-23(25)15-16-24-12-7-9-14-26(24)28;1-2/h6-9,11-14,22H,4-5,10,15-21H2,1-3H3;2H,1H3. The highest BCUT2D eigenvalue weighted by Gasteiger charge is 2.19. The molecule has 0 fully saturated rings. The van der Waals surface area contributed by atoms with Crippen LogP contribution in [0.25, 0.3) is 0 Å². The maximum absolute atomic E-state index is 7.00. The lowest BCUT2D eigenvalue weighted by molar-refractivity contribution is 0.0522. The summed E-state index contributed by atoms with van der Waals surface area (Å²) in [6, 6.07) is 17.8. The maximum Gasteiger partial charge on any atom is 0.0559 e. The summed E-state index contributed by atoms with van der Waals surface area (Å²) in [5.41, 5.74) is 5.71. The Bertz CT molecular complexity index is 702. The average molecular weight is 427 g/mol. The van der Waals surface area contributed by atoms with E-state index in [1.807, 2.05) is 0 Å². The lowest BCUT2D eigenvalue weighted by Gasteiger charge is -2.28.